The summed E-state index contributed by atoms with van der Waals surface area (Å²) in [5.41, 5.74) is 5.24. The average molecular weight is 273 g/mol. The Morgan fingerprint density at radius 1 is 1.16 bits per heavy atom. The Kier molecular flexibility index (Phi) is 6.93. The van der Waals surface area contributed by atoms with Crippen molar-refractivity contribution in [3.63, 3.8) is 0 Å². The fraction of sp³-hybridized carbons (Fsp3) is 0.833. The SMILES string of the molecule is COCCCOCCOCc1nc(C(C)(C)N)no1. The molecule has 0 fully saturated rings. The minimum Gasteiger partial charge on any atom is -0.385 e. The van der Waals surface area contributed by atoms with Gasteiger partial charge in [-0.05, 0) is 20.3 Å². The quantitative estimate of drug-likeness (QED) is 0.631. The molecule has 19 heavy (non-hydrogen) atoms. The van der Waals surface area contributed by atoms with Gasteiger partial charge < -0.3 is 24.5 Å². The van der Waals surface area contributed by atoms with E-state index in [4.69, 9.17) is 24.5 Å². The van der Waals surface area contributed by atoms with E-state index in [1.165, 1.54) is 0 Å². The standard InChI is InChI=1S/C12H23N3O4/c1-12(2,13)11-14-10(19-15-11)9-18-8-7-17-6-4-5-16-3/h4-9,13H2,1-3H3. The van der Waals surface area contributed by atoms with Gasteiger partial charge in [0.25, 0.3) is 5.89 Å². The van der Waals surface area contributed by atoms with Crippen molar-refractivity contribution in [2.24, 2.45) is 5.73 Å². The first-order chi connectivity index (χ1) is 9.04. The Hall–Kier alpha value is -1.02. The first-order valence-electron chi connectivity index (χ1n) is 6.30. The summed E-state index contributed by atoms with van der Waals surface area (Å²) in [6, 6.07) is 0. The molecular formula is C12H23N3O4. The van der Waals surface area contributed by atoms with Crippen LogP contribution >= 0.6 is 0 Å². The number of hydrogen-bond acceptors (Lipinski definition) is 7. The van der Waals surface area contributed by atoms with E-state index in [1.807, 2.05) is 13.8 Å². The summed E-state index contributed by atoms with van der Waals surface area (Å²) in [5, 5.41) is 3.80. The van der Waals surface area contributed by atoms with E-state index in [-0.39, 0.29) is 6.61 Å². The fourth-order valence-corrected chi connectivity index (χ4v) is 1.26. The molecule has 0 radical (unpaired) electrons. The van der Waals surface area contributed by atoms with Gasteiger partial charge in [0.2, 0.25) is 0 Å². The molecule has 0 saturated carbocycles. The lowest BCUT2D eigenvalue weighted by Gasteiger charge is -2.11. The zero-order valence-corrected chi connectivity index (χ0v) is 11.8. The predicted molar refractivity (Wildman–Crippen MR) is 68.5 cm³/mol. The van der Waals surface area contributed by atoms with E-state index < -0.39 is 5.54 Å². The number of ether oxygens (including phenoxy) is 3. The molecule has 1 aromatic rings. The lowest BCUT2D eigenvalue weighted by atomic mass is 10.1. The lowest BCUT2D eigenvalue weighted by Crippen LogP contribution is -2.30. The predicted octanol–water partition coefficient (Wildman–Crippen LogP) is 0.833. The van der Waals surface area contributed by atoms with Crippen LogP contribution in [0.1, 0.15) is 32.0 Å². The molecular weight excluding hydrogens is 250 g/mol. The van der Waals surface area contributed by atoms with Crippen molar-refractivity contribution in [3.05, 3.63) is 11.7 Å². The van der Waals surface area contributed by atoms with Crippen LogP contribution in [0.4, 0.5) is 0 Å². The molecule has 0 unspecified atom stereocenters. The Bertz CT molecular complexity index is 349. The molecule has 7 heteroatoms. The van der Waals surface area contributed by atoms with Crippen LogP contribution in [0.5, 0.6) is 0 Å². The second kappa shape index (κ2) is 8.21. The van der Waals surface area contributed by atoms with Gasteiger partial charge in [-0.2, -0.15) is 4.98 Å². The van der Waals surface area contributed by atoms with Crippen molar-refractivity contribution >= 4 is 0 Å². The van der Waals surface area contributed by atoms with Crippen molar-refractivity contribution < 1.29 is 18.7 Å². The highest BCUT2D eigenvalue weighted by Crippen LogP contribution is 2.12. The first-order valence-corrected chi connectivity index (χ1v) is 6.30. The number of rotatable bonds is 10. The smallest absolute Gasteiger partial charge is 0.252 e. The third kappa shape index (κ3) is 6.63. The van der Waals surface area contributed by atoms with Crippen LogP contribution in [0.2, 0.25) is 0 Å². The Balaban J connectivity index is 2.08. The lowest BCUT2D eigenvalue weighted by molar-refractivity contribution is 0.0259. The van der Waals surface area contributed by atoms with Gasteiger partial charge in [-0.1, -0.05) is 5.16 Å². The number of hydrogen-bond donors (Lipinski definition) is 1. The van der Waals surface area contributed by atoms with Crippen LogP contribution in [0.3, 0.4) is 0 Å². The molecule has 1 rings (SSSR count). The maximum absolute atomic E-state index is 5.85. The summed E-state index contributed by atoms with van der Waals surface area (Å²) in [6.45, 7) is 6.30. The largest absolute Gasteiger partial charge is 0.385 e. The fourth-order valence-electron chi connectivity index (χ4n) is 1.26. The van der Waals surface area contributed by atoms with Crippen LogP contribution in [0, 0.1) is 0 Å². The molecule has 110 valence electrons. The molecule has 0 spiro atoms. The third-order valence-electron chi connectivity index (χ3n) is 2.28. The van der Waals surface area contributed by atoms with Gasteiger partial charge in [0.05, 0.1) is 18.8 Å². The van der Waals surface area contributed by atoms with Gasteiger partial charge in [-0.25, -0.2) is 0 Å². The Morgan fingerprint density at radius 3 is 2.53 bits per heavy atom. The summed E-state index contributed by atoms with van der Waals surface area (Å²) in [7, 11) is 1.67. The van der Waals surface area contributed by atoms with E-state index in [9.17, 15) is 0 Å². The van der Waals surface area contributed by atoms with Crippen LogP contribution in [0.25, 0.3) is 0 Å². The number of methoxy groups -OCH3 is 1. The minimum absolute atomic E-state index is 0.268. The molecule has 0 saturated heterocycles. The molecule has 1 aromatic heterocycles. The van der Waals surface area contributed by atoms with Gasteiger partial charge in [-0.15, -0.1) is 0 Å². The maximum atomic E-state index is 5.85. The Labute approximate surface area is 113 Å². The second-order valence-corrected chi connectivity index (χ2v) is 4.74. The van der Waals surface area contributed by atoms with Crippen molar-refractivity contribution in [2.45, 2.75) is 32.4 Å². The third-order valence-corrected chi connectivity index (χ3v) is 2.28. The number of nitrogens with two attached hydrogens (primary N) is 1. The molecule has 2 N–H and O–H groups in total. The van der Waals surface area contributed by atoms with E-state index in [1.54, 1.807) is 7.11 Å². The number of aromatic nitrogens is 2. The first kappa shape index (κ1) is 16.0. The molecule has 0 amide bonds. The summed E-state index contributed by atoms with van der Waals surface area (Å²) < 4.78 is 20.6. The maximum Gasteiger partial charge on any atom is 0.252 e. The van der Waals surface area contributed by atoms with E-state index in [0.717, 1.165) is 6.42 Å². The molecule has 0 aliphatic heterocycles. The summed E-state index contributed by atoms with van der Waals surface area (Å²) >= 11 is 0. The Morgan fingerprint density at radius 2 is 1.89 bits per heavy atom. The normalized spacial score (nSPS) is 12.0. The van der Waals surface area contributed by atoms with Crippen LogP contribution in [0.15, 0.2) is 4.52 Å². The van der Waals surface area contributed by atoms with E-state index in [0.29, 0.717) is 38.1 Å². The monoisotopic (exact) mass is 273 g/mol. The van der Waals surface area contributed by atoms with E-state index >= 15 is 0 Å². The highest BCUT2D eigenvalue weighted by molar-refractivity contribution is 4.98. The van der Waals surface area contributed by atoms with Gasteiger partial charge in [-0.3, -0.25) is 0 Å². The van der Waals surface area contributed by atoms with Crippen LogP contribution in [-0.4, -0.2) is 43.7 Å². The molecule has 1 heterocycles. The van der Waals surface area contributed by atoms with Crippen molar-refractivity contribution in [1.29, 1.82) is 0 Å². The highest BCUT2D eigenvalue weighted by Gasteiger charge is 2.21. The van der Waals surface area contributed by atoms with Crippen molar-refractivity contribution in [1.82, 2.24) is 10.1 Å². The van der Waals surface area contributed by atoms with Crippen molar-refractivity contribution in [2.75, 3.05) is 33.5 Å². The second-order valence-electron chi connectivity index (χ2n) is 4.74. The van der Waals surface area contributed by atoms with Gasteiger partial charge in [0.1, 0.15) is 6.61 Å². The minimum atomic E-state index is -0.605. The zero-order chi connectivity index (χ0) is 14.1. The number of nitrogens with zero attached hydrogens (tertiary/aromatic N) is 2. The van der Waals surface area contributed by atoms with Crippen molar-refractivity contribution in [3.8, 4) is 0 Å². The van der Waals surface area contributed by atoms with Crippen LogP contribution in [-0.2, 0) is 26.4 Å². The summed E-state index contributed by atoms with van der Waals surface area (Å²) in [5.74, 6) is 0.898. The van der Waals surface area contributed by atoms with Gasteiger partial charge in [0, 0.05) is 20.3 Å². The molecule has 0 aromatic carbocycles. The molecule has 0 bridgehead atoms. The molecule has 7 nitrogen and oxygen atoms in total. The molecule has 0 aliphatic carbocycles. The molecule has 0 atom stereocenters. The topological polar surface area (TPSA) is 92.6 Å². The summed E-state index contributed by atoms with van der Waals surface area (Å²) in [6.07, 6.45) is 0.884. The van der Waals surface area contributed by atoms with Crippen LogP contribution < -0.4 is 5.73 Å². The van der Waals surface area contributed by atoms with Gasteiger partial charge >= 0.3 is 0 Å². The average Bonchev–Trinajstić information content (AvgIpc) is 2.81. The van der Waals surface area contributed by atoms with Gasteiger partial charge in [0.15, 0.2) is 5.82 Å². The summed E-state index contributed by atoms with van der Waals surface area (Å²) in [4.78, 5) is 4.15. The zero-order valence-electron chi connectivity index (χ0n) is 11.8. The van der Waals surface area contributed by atoms with E-state index in [2.05, 4.69) is 10.1 Å². The highest BCUT2D eigenvalue weighted by atomic mass is 16.5. The molecule has 0 aliphatic rings.